The van der Waals surface area contributed by atoms with Crippen LogP contribution in [0.5, 0.6) is 0 Å². The normalized spacial score (nSPS) is 10.9. The Morgan fingerprint density at radius 1 is 1.19 bits per heavy atom. The van der Waals surface area contributed by atoms with Gasteiger partial charge < -0.3 is 15.7 Å². The average molecular weight is 314 g/mol. The van der Waals surface area contributed by atoms with Crippen LogP contribution in [0.3, 0.4) is 0 Å². The first kappa shape index (κ1) is 17.0. The molecule has 0 heterocycles. The molecule has 1 aromatic carbocycles. The maximum Gasteiger partial charge on any atom is 0.319 e. The van der Waals surface area contributed by atoms with Crippen LogP contribution >= 0.6 is 0 Å². The molecule has 21 heavy (non-hydrogen) atoms. The highest BCUT2D eigenvalue weighted by Gasteiger charge is 2.05. The van der Waals surface area contributed by atoms with E-state index in [9.17, 15) is 18.0 Å². The fourth-order valence-corrected chi connectivity index (χ4v) is 2.00. The molecule has 8 heteroatoms. The molecule has 1 aromatic rings. The molecule has 0 saturated heterocycles. The molecule has 0 bridgehead atoms. The molecule has 0 aliphatic heterocycles. The molecule has 0 aliphatic rings. The number of benzene rings is 1. The minimum absolute atomic E-state index is 0.0430. The summed E-state index contributed by atoms with van der Waals surface area (Å²) in [6, 6.07) is 6.29. The van der Waals surface area contributed by atoms with Crippen LogP contribution in [0.1, 0.15) is 12.0 Å². The number of hydrogen-bond acceptors (Lipinski definition) is 4. The molecule has 3 N–H and O–H groups in total. The number of aliphatic carboxylic acids is 1. The van der Waals surface area contributed by atoms with E-state index >= 15 is 0 Å². The number of carbonyl (C=O) groups excluding carboxylic acids is 1. The van der Waals surface area contributed by atoms with E-state index < -0.39 is 21.8 Å². The Kier molecular flexibility index (Phi) is 6.16. The third-order valence-corrected chi connectivity index (χ3v) is 3.54. The van der Waals surface area contributed by atoms with Gasteiger partial charge in [-0.2, -0.15) is 0 Å². The second kappa shape index (κ2) is 7.63. The average Bonchev–Trinajstić information content (AvgIpc) is 2.36. The zero-order chi connectivity index (χ0) is 15.9. The molecule has 0 saturated carbocycles. The summed E-state index contributed by atoms with van der Waals surface area (Å²) in [7, 11) is -3.10. The lowest BCUT2D eigenvalue weighted by Crippen LogP contribution is -2.32. The van der Waals surface area contributed by atoms with E-state index in [0.29, 0.717) is 12.1 Å². The number of aryl methyl sites for hydroxylation is 1. The molecule has 116 valence electrons. The van der Waals surface area contributed by atoms with Gasteiger partial charge in [0.2, 0.25) is 0 Å². The summed E-state index contributed by atoms with van der Waals surface area (Å²) >= 11 is 0. The molecule has 0 aromatic heterocycles. The van der Waals surface area contributed by atoms with Gasteiger partial charge in [0.1, 0.15) is 9.84 Å². The molecular weight excluding hydrogens is 296 g/mol. The molecule has 2 amide bonds. The van der Waals surface area contributed by atoms with Crippen LogP contribution in [0.25, 0.3) is 0 Å². The lowest BCUT2D eigenvalue weighted by atomic mass is 10.1. The molecule has 0 fully saturated rings. The van der Waals surface area contributed by atoms with Crippen molar-refractivity contribution in [1.82, 2.24) is 5.32 Å². The first-order valence-electron chi connectivity index (χ1n) is 6.29. The summed E-state index contributed by atoms with van der Waals surface area (Å²) in [6.45, 7) is 0.0430. The van der Waals surface area contributed by atoms with Gasteiger partial charge in [0.25, 0.3) is 0 Å². The van der Waals surface area contributed by atoms with E-state index in [1.807, 2.05) is 0 Å². The number of nitrogens with one attached hydrogen (secondary N) is 2. The van der Waals surface area contributed by atoms with E-state index in [2.05, 4.69) is 10.6 Å². The van der Waals surface area contributed by atoms with Crippen LogP contribution < -0.4 is 10.6 Å². The lowest BCUT2D eigenvalue weighted by molar-refractivity contribution is -0.136. The number of carboxylic acids is 1. The van der Waals surface area contributed by atoms with Crippen molar-refractivity contribution in [3.63, 3.8) is 0 Å². The predicted molar refractivity (Wildman–Crippen MR) is 79.1 cm³/mol. The summed E-state index contributed by atoms with van der Waals surface area (Å²) in [5.74, 6) is -0.975. The largest absolute Gasteiger partial charge is 0.481 e. The Hall–Kier alpha value is -2.09. The van der Waals surface area contributed by atoms with Crippen molar-refractivity contribution in [3.05, 3.63) is 29.8 Å². The van der Waals surface area contributed by atoms with Gasteiger partial charge >= 0.3 is 12.0 Å². The first-order valence-corrected chi connectivity index (χ1v) is 8.35. The second-order valence-corrected chi connectivity index (χ2v) is 6.86. The zero-order valence-corrected chi connectivity index (χ0v) is 12.4. The van der Waals surface area contributed by atoms with Gasteiger partial charge in [-0.05, 0) is 24.1 Å². The number of carbonyl (C=O) groups is 2. The summed E-state index contributed by atoms with van der Waals surface area (Å²) in [6.07, 6.45) is 1.58. The van der Waals surface area contributed by atoms with Crippen LogP contribution in [-0.2, 0) is 21.1 Å². The Morgan fingerprint density at radius 3 is 2.33 bits per heavy atom. The number of hydrogen-bond donors (Lipinski definition) is 3. The Balaban J connectivity index is 2.41. The third-order valence-electron chi connectivity index (χ3n) is 2.60. The Labute approximate surface area is 123 Å². The second-order valence-electron chi connectivity index (χ2n) is 4.60. The molecular formula is C13H18N2O5S. The molecule has 0 spiro atoms. The van der Waals surface area contributed by atoms with Gasteiger partial charge in [-0.1, -0.05) is 12.1 Å². The quantitative estimate of drug-likeness (QED) is 0.691. The molecule has 0 unspecified atom stereocenters. The number of sulfone groups is 1. The monoisotopic (exact) mass is 314 g/mol. The summed E-state index contributed by atoms with van der Waals surface area (Å²) in [4.78, 5) is 22.0. The van der Waals surface area contributed by atoms with Gasteiger partial charge in [0.15, 0.2) is 0 Å². The van der Waals surface area contributed by atoms with E-state index in [4.69, 9.17) is 5.11 Å². The van der Waals surface area contributed by atoms with Crippen LogP contribution in [0.2, 0.25) is 0 Å². The Bertz CT molecular complexity index is 595. The minimum atomic E-state index is -3.10. The first-order chi connectivity index (χ1) is 9.76. The van der Waals surface area contributed by atoms with E-state index in [-0.39, 0.29) is 18.7 Å². The predicted octanol–water partition coefficient (Wildman–Crippen LogP) is 0.870. The fourth-order valence-electron chi connectivity index (χ4n) is 1.53. The van der Waals surface area contributed by atoms with E-state index in [1.165, 1.54) is 0 Å². The van der Waals surface area contributed by atoms with Crippen molar-refractivity contribution in [3.8, 4) is 0 Å². The van der Waals surface area contributed by atoms with Crippen molar-refractivity contribution in [2.24, 2.45) is 0 Å². The number of anilines is 1. The Morgan fingerprint density at radius 2 is 1.81 bits per heavy atom. The number of amides is 2. The third kappa shape index (κ3) is 7.93. The van der Waals surface area contributed by atoms with Crippen molar-refractivity contribution in [2.75, 3.05) is 23.9 Å². The van der Waals surface area contributed by atoms with Crippen LogP contribution in [-0.4, -0.2) is 44.1 Å². The molecule has 1 rings (SSSR count). The van der Waals surface area contributed by atoms with Gasteiger partial charge in [0.05, 0.1) is 5.75 Å². The summed E-state index contributed by atoms with van der Waals surface area (Å²) < 4.78 is 21.8. The molecule has 0 aliphatic carbocycles. The van der Waals surface area contributed by atoms with Crippen molar-refractivity contribution in [2.45, 2.75) is 12.8 Å². The van der Waals surface area contributed by atoms with Gasteiger partial charge in [-0.25, -0.2) is 13.2 Å². The van der Waals surface area contributed by atoms with Crippen LogP contribution in [0.4, 0.5) is 10.5 Å². The van der Waals surface area contributed by atoms with Crippen molar-refractivity contribution < 1.29 is 23.1 Å². The maximum atomic E-state index is 11.5. The topological polar surface area (TPSA) is 113 Å². The van der Waals surface area contributed by atoms with Crippen molar-refractivity contribution in [1.29, 1.82) is 0 Å². The minimum Gasteiger partial charge on any atom is -0.481 e. The van der Waals surface area contributed by atoms with Gasteiger partial charge in [0, 0.05) is 24.9 Å². The summed E-state index contributed by atoms with van der Waals surface area (Å²) in [5.41, 5.74) is 1.41. The van der Waals surface area contributed by atoms with Crippen LogP contribution in [0.15, 0.2) is 24.3 Å². The van der Waals surface area contributed by atoms with Gasteiger partial charge in [-0.15, -0.1) is 0 Å². The maximum absolute atomic E-state index is 11.5. The molecule has 0 radical (unpaired) electrons. The highest BCUT2D eigenvalue weighted by Crippen LogP contribution is 2.10. The molecule has 0 atom stereocenters. The fraction of sp³-hybridized carbons (Fsp3) is 0.385. The van der Waals surface area contributed by atoms with E-state index in [1.54, 1.807) is 24.3 Å². The smallest absolute Gasteiger partial charge is 0.319 e. The summed E-state index contributed by atoms with van der Waals surface area (Å²) in [5, 5.41) is 13.6. The van der Waals surface area contributed by atoms with Crippen LogP contribution in [0, 0.1) is 0 Å². The number of urea groups is 1. The highest BCUT2D eigenvalue weighted by molar-refractivity contribution is 7.90. The van der Waals surface area contributed by atoms with Crippen molar-refractivity contribution >= 4 is 27.5 Å². The SMILES string of the molecule is CS(=O)(=O)CCNC(=O)Nc1ccc(CCC(=O)O)cc1. The zero-order valence-electron chi connectivity index (χ0n) is 11.6. The highest BCUT2D eigenvalue weighted by atomic mass is 32.2. The lowest BCUT2D eigenvalue weighted by Gasteiger charge is -2.07. The standard InChI is InChI=1S/C13H18N2O5S/c1-21(19,20)9-8-14-13(18)15-11-5-2-10(3-6-11)4-7-12(16)17/h2-3,5-6H,4,7-9H2,1H3,(H,16,17)(H2,14,15,18). The number of rotatable bonds is 7. The number of carboxylic acid groups (broad SMARTS) is 1. The van der Waals surface area contributed by atoms with E-state index in [0.717, 1.165) is 11.8 Å². The molecule has 7 nitrogen and oxygen atoms in total. The van der Waals surface area contributed by atoms with Gasteiger partial charge in [-0.3, -0.25) is 4.79 Å².